The van der Waals surface area contributed by atoms with Gasteiger partial charge in [0, 0.05) is 37.9 Å². The maximum Gasteiger partial charge on any atom is 0.0948 e. The van der Waals surface area contributed by atoms with Crippen LogP contribution < -0.4 is 0 Å². The fraction of sp³-hybridized carbons (Fsp3) is 0.350. The molecule has 0 aromatic carbocycles. The molecule has 1 aliphatic rings. The first kappa shape index (κ1) is 16.0. The molecule has 0 bridgehead atoms. The monoisotopic (exact) mass is 333 g/mol. The van der Waals surface area contributed by atoms with Gasteiger partial charge in [-0.1, -0.05) is 12.1 Å². The second kappa shape index (κ2) is 7.15. The van der Waals surface area contributed by atoms with E-state index >= 15 is 0 Å². The van der Waals surface area contributed by atoms with Crippen molar-refractivity contribution in [1.82, 2.24) is 24.4 Å². The number of aryl methyl sites for hydroxylation is 1. The zero-order chi connectivity index (χ0) is 17.1. The number of piperidine rings is 1. The van der Waals surface area contributed by atoms with Crippen LogP contribution in [0.25, 0.3) is 11.4 Å². The zero-order valence-corrected chi connectivity index (χ0v) is 14.5. The highest BCUT2D eigenvalue weighted by Crippen LogP contribution is 2.28. The van der Waals surface area contributed by atoms with E-state index in [0.717, 1.165) is 36.7 Å². The molecule has 0 N–H and O–H groups in total. The van der Waals surface area contributed by atoms with Crippen LogP contribution in [0.2, 0.25) is 0 Å². The first-order valence-corrected chi connectivity index (χ1v) is 8.85. The van der Waals surface area contributed by atoms with E-state index in [9.17, 15) is 0 Å². The van der Waals surface area contributed by atoms with Gasteiger partial charge in [-0.3, -0.25) is 14.9 Å². The van der Waals surface area contributed by atoms with Crippen molar-refractivity contribution in [3.05, 3.63) is 66.5 Å². The van der Waals surface area contributed by atoms with Crippen LogP contribution >= 0.6 is 0 Å². The molecule has 0 aliphatic carbocycles. The number of likely N-dealkylation sites (tertiary alicyclic amines) is 1. The second-order valence-electron chi connectivity index (χ2n) is 6.73. The largest absolute Gasteiger partial charge is 0.332 e. The molecule has 1 aliphatic heterocycles. The van der Waals surface area contributed by atoms with Gasteiger partial charge < -0.3 is 4.57 Å². The van der Waals surface area contributed by atoms with E-state index < -0.39 is 0 Å². The summed E-state index contributed by atoms with van der Waals surface area (Å²) in [5, 5.41) is 0. The minimum Gasteiger partial charge on any atom is -0.332 e. The summed E-state index contributed by atoms with van der Waals surface area (Å²) in [6.07, 6.45) is 7.96. The van der Waals surface area contributed by atoms with Gasteiger partial charge in [0.05, 0.1) is 29.6 Å². The summed E-state index contributed by atoms with van der Waals surface area (Å²) in [4.78, 5) is 16.1. The van der Waals surface area contributed by atoms with Crippen molar-refractivity contribution in [2.45, 2.75) is 25.3 Å². The van der Waals surface area contributed by atoms with E-state index in [-0.39, 0.29) is 0 Å². The lowest BCUT2D eigenvalue weighted by Crippen LogP contribution is -2.34. The number of nitrogens with zero attached hydrogens (tertiary/aromatic N) is 5. The van der Waals surface area contributed by atoms with Gasteiger partial charge in [0.2, 0.25) is 0 Å². The van der Waals surface area contributed by atoms with Crippen LogP contribution in [-0.4, -0.2) is 37.5 Å². The highest BCUT2D eigenvalue weighted by atomic mass is 15.1. The average molecular weight is 333 g/mol. The highest BCUT2D eigenvalue weighted by Gasteiger charge is 2.23. The smallest absolute Gasteiger partial charge is 0.0948 e. The minimum absolute atomic E-state index is 0.477. The lowest BCUT2D eigenvalue weighted by molar-refractivity contribution is 0.196. The molecule has 1 atom stereocenters. The van der Waals surface area contributed by atoms with E-state index in [2.05, 4.69) is 45.2 Å². The molecule has 1 fully saturated rings. The van der Waals surface area contributed by atoms with Gasteiger partial charge in [0.15, 0.2) is 0 Å². The predicted octanol–water partition coefficient (Wildman–Crippen LogP) is 3.26. The number of hydrogen-bond donors (Lipinski definition) is 0. The fourth-order valence-corrected chi connectivity index (χ4v) is 3.59. The Balaban J connectivity index is 1.51. The summed E-state index contributed by atoms with van der Waals surface area (Å²) in [5.74, 6) is 0.477. The molecular formula is C20H23N5. The summed E-state index contributed by atoms with van der Waals surface area (Å²) in [5.41, 5.74) is 4.38. The van der Waals surface area contributed by atoms with E-state index in [0.29, 0.717) is 5.92 Å². The summed E-state index contributed by atoms with van der Waals surface area (Å²) >= 11 is 0. The third-order valence-electron chi connectivity index (χ3n) is 4.89. The number of imidazole rings is 1. The van der Waals surface area contributed by atoms with E-state index in [1.807, 2.05) is 36.4 Å². The number of hydrogen-bond acceptors (Lipinski definition) is 4. The molecule has 1 saturated heterocycles. The molecular weight excluding hydrogens is 310 g/mol. The molecule has 0 unspecified atom stereocenters. The number of rotatable bonds is 4. The Labute approximate surface area is 148 Å². The van der Waals surface area contributed by atoms with Crippen LogP contribution in [0.3, 0.4) is 0 Å². The van der Waals surface area contributed by atoms with Crippen LogP contribution in [0.1, 0.15) is 30.1 Å². The first-order chi connectivity index (χ1) is 12.3. The summed E-state index contributed by atoms with van der Waals surface area (Å²) in [7, 11) is 2.01. The molecule has 3 aromatic heterocycles. The Morgan fingerprint density at radius 2 is 2.12 bits per heavy atom. The van der Waals surface area contributed by atoms with Crippen molar-refractivity contribution in [2.75, 3.05) is 13.1 Å². The van der Waals surface area contributed by atoms with Crippen LogP contribution in [0.5, 0.6) is 0 Å². The molecule has 4 heterocycles. The maximum absolute atomic E-state index is 4.94. The molecule has 0 spiro atoms. The molecule has 128 valence electrons. The zero-order valence-electron chi connectivity index (χ0n) is 14.5. The van der Waals surface area contributed by atoms with Crippen molar-refractivity contribution in [3.63, 3.8) is 0 Å². The van der Waals surface area contributed by atoms with Gasteiger partial charge in [0.25, 0.3) is 0 Å². The predicted molar refractivity (Wildman–Crippen MR) is 97.9 cm³/mol. The molecule has 4 rings (SSSR count). The van der Waals surface area contributed by atoms with E-state index in [1.54, 1.807) is 0 Å². The summed E-state index contributed by atoms with van der Waals surface area (Å²) < 4.78 is 2.01. The minimum atomic E-state index is 0.477. The normalized spacial score (nSPS) is 18.4. The molecule has 5 heteroatoms. The van der Waals surface area contributed by atoms with Gasteiger partial charge >= 0.3 is 0 Å². The topological polar surface area (TPSA) is 46.8 Å². The lowest BCUT2D eigenvalue weighted by atomic mass is 9.94. The summed E-state index contributed by atoms with van der Waals surface area (Å²) in [6, 6.07) is 12.5. The van der Waals surface area contributed by atoms with Crippen molar-refractivity contribution in [1.29, 1.82) is 0 Å². The van der Waals surface area contributed by atoms with Gasteiger partial charge in [-0.05, 0) is 43.7 Å². The molecule has 5 nitrogen and oxygen atoms in total. The van der Waals surface area contributed by atoms with Gasteiger partial charge in [-0.25, -0.2) is 4.98 Å². The third-order valence-corrected chi connectivity index (χ3v) is 4.89. The Kier molecular flexibility index (Phi) is 4.57. The standard InChI is InChI=1S/C20H23N5/c1-24-15-21-12-20(24)19-9-4-8-18(23-19)16-6-5-11-25(13-16)14-17-7-2-3-10-22-17/h2-4,7-10,12,15-16H,5-6,11,13-14H2,1H3/t16-/m1/s1. The van der Waals surface area contributed by atoms with Gasteiger partial charge in [0.1, 0.15) is 0 Å². The van der Waals surface area contributed by atoms with E-state index in [1.165, 1.54) is 18.5 Å². The Bertz CT molecular complexity index is 827. The van der Waals surface area contributed by atoms with Crippen LogP contribution in [0, 0.1) is 0 Å². The van der Waals surface area contributed by atoms with Crippen molar-refractivity contribution >= 4 is 0 Å². The SMILES string of the molecule is Cn1cncc1-c1cccc([C@@H]2CCCN(Cc3ccccn3)C2)n1. The van der Waals surface area contributed by atoms with Crippen LogP contribution in [-0.2, 0) is 13.6 Å². The Morgan fingerprint density at radius 3 is 2.92 bits per heavy atom. The quantitative estimate of drug-likeness (QED) is 0.735. The van der Waals surface area contributed by atoms with Crippen molar-refractivity contribution in [2.24, 2.45) is 7.05 Å². The fourth-order valence-electron chi connectivity index (χ4n) is 3.59. The maximum atomic E-state index is 4.94. The molecule has 3 aromatic rings. The second-order valence-corrected chi connectivity index (χ2v) is 6.73. The third kappa shape index (κ3) is 3.61. The highest BCUT2D eigenvalue weighted by molar-refractivity contribution is 5.53. The van der Waals surface area contributed by atoms with Crippen molar-refractivity contribution in [3.8, 4) is 11.4 Å². The Hall–Kier alpha value is -2.53. The van der Waals surface area contributed by atoms with Gasteiger partial charge in [-0.15, -0.1) is 0 Å². The lowest BCUT2D eigenvalue weighted by Gasteiger charge is -2.32. The summed E-state index contributed by atoms with van der Waals surface area (Å²) in [6.45, 7) is 3.09. The molecule has 0 saturated carbocycles. The van der Waals surface area contributed by atoms with Gasteiger partial charge in [-0.2, -0.15) is 0 Å². The molecule has 0 amide bonds. The average Bonchev–Trinajstić information content (AvgIpc) is 3.09. The van der Waals surface area contributed by atoms with Crippen LogP contribution in [0.4, 0.5) is 0 Å². The number of pyridine rings is 2. The number of aromatic nitrogens is 4. The first-order valence-electron chi connectivity index (χ1n) is 8.85. The molecule has 0 radical (unpaired) electrons. The van der Waals surface area contributed by atoms with E-state index in [4.69, 9.17) is 4.98 Å². The molecule has 25 heavy (non-hydrogen) atoms. The Morgan fingerprint density at radius 1 is 1.16 bits per heavy atom. The van der Waals surface area contributed by atoms with Crippen LogP contribution in [0.15, 0.2) is 55.1 Å². The van der Waals surface area contributed by atoms with Crippen molar-refractivity contribution < 1.29 is 0 Å².